The van der Waals surface area contributed by atoms with Crippen LogP contribution in [0.2, 0.25) is 0 Å². The van der Waals surface area contributed by atoms with E-state index in [9.17, 15) is 9.59 Å². The number of fused-ring (bicyclic) bond motifs is 1. The molecule has 23 heavy (non-hydrogen) atoms. The fraction of sp³-hybridized carbons (Fsp3) is 0.471. The van der Waals surface area contributed by atoms with Crippen molar-refractivity contribution < 1.29 is 9.59 Å². The Morgan fingerprint density at radius 2 is 2.26 bits per heavy atom. The van der Waals surface area contributed by atoms with Gasteiger partial charge >= 0.3 is 0 Å². The molecule has 2 aromatic rings. The molecule has 0 saturated carbocycles. The summed E-state index contributed by atoms with van der Waals surface area (Å²) in [5.74, 6) is 0.768. The van der Waals surface area contributed by atoms with E-state index >= 15 is 0 Å². The molecular formula is C17H20N2O2S2. The molecule has 1 amide bonds. The topological polar surface area (TPSA) is 59.1 Å². The average molecular weight is 348 g/mol. The number of nitrogens with one attached hydrogen (secondary N) is 1. The molecule has 6 heteroatoms. The molecule has 0 saturated heterocycles. The zero-order valence-electron chi connectivity index (χ0n) is 13.1. The molecule has 0 fully saturated rings. The molecule has 0 bridgehead atoms. The van der Waals surface area contributed by atoms with Gasteiger partial charge in [0.25, 0.3) is 0 Å². The van der Waals surface area contributed by atoms with Gasteiger partial charge in [-0.1, -0.05) is 13.0 Å². The Bertz CT molecular complexity index is 692. The van der Waals surface area contributed by atoms with E-state index < -0.39 is 0 Å². The number of thiazole rings is 1. The largest absolute Gasteiger partial charge is 0.302 e. The smallest absolute Gasteiger partial charge is 0.226 e. The van der Waals surface area contributed by atoms with E-state index in [2.05, 4.69) is 17.2 Å². The predicted octanol–water partition coefficient (Wildman–Crippen LogP) is 4.32. The van der Waals surface area contributed by atoms with Crippen molar-refractivity contribution in [3.63, 3.8) is 0 Å². The zero-order chi connectivity index (χ0) is 16.2. The Hall–Kier alpha value is -1.53. The van der Waals surface area contributed by atoms with E-state index in [1.54, 1.807) is 11.3 Å². The number of ketones is 1. The van der Waals surface area contributed by atoms with Crippen molar-refractivity contribution in [2.24, 2.45) is 5.92 Å². The number of nitrogens with zero attached hydrogens (tertiary/aromatic N) is 1. The molecule has 2 heterocycles. The van der Waals surface area contributed by atoms with Crippen molar-refractivity contribution in [3.8, 4) is 0 Å². The minimum atomic E-state index is -0.0527. The van der Waals surface area contributed by atoms with Gasteiger partial charge in [0, 0.05) is 17.7 Å². The number of anilines is 1. The first-order valence-corrected chi connectivity index (χ1v) is 9.66. The van der Waals surface area contributed by atoms with Gasteiger partial charge in [0.2, 0.25) is 5.91 Å². The second-order valence-electron chi connectivity index (χ2n) is 6.04. The van der Waals surface area contributed by atoms with Crippen LogP contribution in [0.5, 0.6) is 0 Å². The third-order valence-electron chi connectivity index (χ3n) is 4.04. The van der Waals surface area contributed by atoms with Gasteiger partial charge in [0.1, 0.15) is 0 Å². The van der Waals surface area contributed by atoms with Gasteiger partial charge in [0.15, 0.2) is 10.9 Å². The second-order valence-corrected chi connectivity index (χ2v) is 8.07. The van der Waals surface area contributed by atoms with E-state index in [-0.39, 0.29) is 11.7 Å². The van der Waals surface area contributed by atoms with E-state index in [1.165, 1.54) is 22.6 Å². The third kappa shape index (κ3) is 4.26. The lowest BCUT2D eigenvalue weighted by Gasteiger charge is -2.15. The van der Waals surface area contributed by atoms with Gasteiger partial charge in [-0.2, -0.15) is 0 Å². The molecular weight excluding hydrogens is 328 g/mol. The first-order valence-electron chi connectivity index (χ1n) is 7.97. The summed E-state index contributed by atoms with van der Waals surface area (Å²) in [6, 6.07) is 3.70. The lowest BCUT2D eigenvalue weighted by atomic mass is 9.93. The number of rotatable bonds is 6. The molecule has 0 aromatic carbocycles. The number of aromatic nitrogens is 1. The van der Waals surface area contributed by atoms with Crippen LogP contribution >= 0.6 is 22.7 Å². The Balaban J connectivity index is 1.45. The van der Waals surface area contributed by atoms with Crippen LogP contribution in [0.1, 0.15) is 52.8 Å². The number of hydrogen-bond donors (Lipinski definition) is 1. The fourth-order valence-electron chi connectivity index (χ4n) is 2.74. The van der Waals surface area contributed by atoms with Crippen LogP contribution in [0.15, 0.2) is 17.5 Å². The first kappa shape index (κ1) is 16.3. The van der Waals surface area contributed by atoms with Crippen molar-refractivity contribution in [1.29, 1.82) is 0 Å². The van der Waals surface area contributed by atoms with E-state index in [0.29, 0.717) is 30.3 Å². The second kappa shape index (κ2) is 7.36. The third-order valence-corrected chi connectivity index (χ3v) is 5.98. The number of aryl methyl sites for hydroxylation is 1. The number of carbonyl (C=O) groups is 2. The molecule has 3 rings (SSSR count). The summed E-state index contributed by atoms with van der Waals surface area (Å²) in [5, 5.41) is 5.48. The Kier molecular flexibility index (Phi) is 5.23. The monoisotopic (exact) mass is 348 g/mol. The summed E-state index contributed by atoms with van der Waals surface area (Å²) in [6.45, 7) is 2.26. The van der Waals surface area contributed by atoms with Gasteiger partial charge in [-0.05, 0) is 43.0 Å². The minimum Gasteiger partial charge on any atom is -0.302 e. The molecule has 1 aliphatic carbocycles. The first-order chi connectivity index (χ1) is 11.1. The molecule has 1 N–H and O–H groups in total. The Morgan fingerprint density at radius 1 is 1.39 bits per heavy atom. The average Bonchev–Trinajstić information content (AvgIpc) is 3.15. The van der Waals surface area contributed by atoms with Crippen LogP contribution in [0, 0.1) is 5.92 Å². The molecule has 1 unspecified atom stereocenters. The SMILES string of the molecule is CC1CCc2nc(NC(=O)CCCC(=O)c3cccs3)sc2C1. The lowest BCUT2D eigenvalue weighted by Crippen LogP contribution is -2.12. The molecule has 0 radical (unpaired) electrons. The molecule has 1 aliphatic rings. The molecule has 1 atom stereocenters. The number of carbonyl (C=O) groups excluding carboxylic acids is 2. The lowest BCUT2D eigenvalue weighted by molar-refractivity contribution is -0.116. The molecule has 0 spiro atoms. The highest BCUT2D eigenvalue weighted by Gasteiger charge is 2.20. The van der Waals surface area contributed by atoms with Crippen molar-refractivity contribution in [2.45, 2.75) is 45.4 Å². The van der Waals surface area contributed by atoms with Crippen molar-refractivity contribution in [2.75, 3.05) is 5.32 Å². The summed E-state index contributed by atoms with van der Waals surface area (Å²) < 4.78 is 0. The maximum atomic E-state index is 12.0. The summed E-state index contributed by atoms with van der Waals surface area (Å²) >= 11 is 3.05. The van der Waals surface area contributed by atoms with Gasteiger partial charge in [-0.3, -0.25) is 9.59 Å². The van der Waals surface area contributed by atoms with E-state index in [1.807, 2.05) is 17.5 Å². The molecule has 2 aromatic heterocycles. The van der Waals surface area contributed by atoms with Gasteiger partial charge in [0.05, 0.1) is 10.6 Å². The molecule has 122 valence electrons. The number of hydrogen-bond acceptors (Lipinski definition) is 5. The summed E-state index contributed by atoms with van der Waals surface area (Å²) in [6.07, 6.45) is 4.60. The van der Waals surface area contributed by atoms with Gasteiger partial charge in [-0.25, -0.2) is 4.98 Å². The van der Waals surface area contributed by atoms with E-state index in [0.717, 1.165) is 23.4 Å². The molecule has 0 aliphatic heterocycles. The number of amides is 1. The highest BCUT2D eigenvalue weighted by atomic mass is 32.1. The zero-order valence-corrected chi connectivity index (χ0v) is 14.8. The number of Topliss-reactive ketones (excluding diaryl/α,β-unsaturated/α-hetero) is 1. The van der Waals surface area contributed by atoms with Crippen LogP contribution in [-0.2, 0) is 17.6 Å². The number of thiophene rings is 1. The highest BCUT2D eigenvalue weighted by Crippen LogP contribution is 2.32. The van der Waals surface area contributed by atoms with Gasteiger partial charge in [-0.15, -0.1) is 22.7 Å². The Morgan fingerprint density at radius 3 is 3.04 bits per heavy atom. The van der Waals surface area contributed by atoms with Crippen molar-refractivity contribution in [3.05, 3.63) is 33.0 Å². The van der Waals surface area contributed by atoms with Crippen LogP contribution in [0.3, 0.4) is 0 Å². The maximum Gasteiger partial charge on any atom is 0.226 e. The van der Waals surface area contributed by atoms with Crippen molar-refractivity contribution in [1.82, 2.24) is 4.98 Å². The summed E-state index contributed by atoms with van der Waals surface area (Å²) in [7, 11) is 0. The standard InChI is InChI=1S/C17H20N2O2S2/c1-11-7-8-12-15(10-11)23-17(18-12)19-16(21)6-2-4-13(20)14-5-3-9-22-14/h3,5,9,11H,2,4,6-8,10H2,1H3,(H,18,19,21). The quantitative estimate of drug-likeness (QED) is 0.791. The predicted molar refractivity (Wildman–Crippen MR) is 94.4 cm³/mol. The normalized spacial score (nSPS) is 16.8. The van der Waals surface area contributed by atoms with E-state index in [4.69, 9.17) is 0 Å². The summed E-state index contributed by atoms with van der Waals surface area (Å²) in [4.78, 5) is 30.5. The Labute approximate surface area is 144 Å². The van der Waals surface area contributed by atoms with Crippen LogP contribution in [0.4, 0.5) is 5.13 Å². The van der Waals surface area contributed by atoms with Crippen LogP contribution in [0.25, 0.3) is 0 Å². The summed E-state index contributed by atoms with van der Waals surface area (Å²) in [5.41, 5.74) is 1.15. The van der Waals surface area contributed by atoms with Crippen LogP contribution in [-0.4, -0.2) is 16.7 Å². The maximum absolute atomic E-state index is 12.0. The van der Waals surface area contributed by atoms with Crippen molar-refractivity contribution >= 4 is 39.5 Å². The minimum absolute atomic E-state index is 0.0527. The van der Waals surface area contributed by atoms with Crippen LogP contribution < -0.4 is 5.32 Å². The highest BCUT2D eigenvalue weighted by molar-refractivity contribution is 7.15. The van der Waals surface area contributed by atoms with Gasteiger partial charge < -0.3 is 5.32 Å². The fourth-order valence-corrected chi connectivity index (χ4v) is 4.63. The molecule has 4 nitrogen and oxygen atoms in total.